The smallest absolute Gasteiger partial charge is 0.328 e. The van der Waals surface area contributed by atoms with Crippen molar-refractivity contribution in [1.82, 2.24) is 24.6 Å². The molecule has 9 heteroatoms. The number of nitrogens with zero attached hydrogens (tertiary/aromatic N) is 5. The molecule has 0 saturated carbocycles. The molecule has 0 aliphatic carbocycles. The minimum Gasteiger partial charge on any atom is -0.480 e. The molecule has 27 heavy (non-hydrogen) atoms. The number of benzene rings is 1. The highest BCUT2D eigenvalue weighted by molar-refractivity contribution is 7.13. The van der Waals surface area contributed by atoms with Crippen LogP contribution >= 0.6 is 11.3 Å². The van der Waals surface area contributed by atoms with E-state index >= 15 is 0 Å². The summed E-state index contributed by atoms with van der Waals surface area (Å²) < 4.78 is 1.74. The lowest BCUT2D eigenvalue weighted by atomic mass is 10.1. The van der Waals surface area contributed by atoms with E-state index in [1.54, 1.807) is 16.9 Å². The number of carbonyl (C=O) groups is 2. The molecule has 3 heterocycles. The Kier molecular flexibility index (Phi) is 4.23. The van der Waals surface area contributed by atoms with Gasteiger partial charge in [0, 0.05) is 10.9 Å². The van der Waals surface area contributed by atoms with Crippen LogP contribution in [0.1, 0.15) is 27.7 Å². The lowest BCUT2D eigenvalue weighted by Crippen LogP contribution is -2.50. The van der Waals surface area contributed by atoms with Gasteiger partial charge in [0.15, 0.2) is 5.82 Å². The molecule has 1 N–H and O–H groups in total. The molecule has 0 saturated heterocycles. The average Bonchev–Trinajstić information content (AvgIpc) is 3.28. The van der Waals surface area contributed by atoms with Gasteiger partial charge in [-0.2, -0.15) is 0 Å². The van der Waals surface area contributed by atoms with Crippen molar-refractivity contribution < 1.29 is 14.7 Å². The van der Waals surface area contributed by atoms with Crippen molar-refractivity contribution in [2.45, 2.75) is 33.0 Å². The summed E-state index contributed by atoms with van der Waals surface area (Å²) in [4.78, 5) is 30.5. The molecule has 3 aromatic rings. The van der Waals surface area contributed by atoms with Crippen molar-refractivity contribution in [3.8, 4) is 10.6 Å². The molecule has 8 nitrogen and oxygen atoms in total. The summed E-state index contributed by atoms with van der Waals surface area (Å²) in [6, 6.07) is 6.82. The van der Waals surface area contributed by atoms with Gasteiger partial charge in [0.25, 0.3) is 5.91 Å². The molecule has 138 valence electrons. The summed E-state index contributed by atoms with van der Waals surface area (Å²) in [6.45, 7) is 3.97. The fourth-order valence-corrected chi connectivity index (χ4v) is 4.08. The van der Waals surface area contributed by atoms with E-state index in [4.69, 9.17) is 0 Å². The van der Waals surface area contributed by atoms with Crippen LogP contribution in [-0.2, 0) is 17.9 Å². The van der Waals surface area contributed by atoms with Crippen LogP contribution in [0.25, 0.3) is 10.6 Å². The van der Waals surface area contributed by atoms with Gasteiger partial charge in [-0.05, 0) is 19.4 Å². The second-order valence-corrected chi connectivity index (χ2v) is 7.27. The van der Waals surface area contributed by atoms with E-state index in [1.807, 2.05) is 31.2 Å². The molecular weight excluding hydrogens is 366 g/mol. The zero-order valence-corrected chi connectivity index (χ0v) is 15.6. The van der Waals surface area contributed by atoms with Crippen molar-refractivity contribution >= 4 is 23.2 Å². The standard InChI is InChI=1S/C18H17N5O3S/c1-10-5-3-4-6-12(10)16-19-13(9-27-16)17(24)23-8-15-21-20-11(2)22(15)7-14(23)18(25)26/h3-6,9,14H,7-8H2,1-2H3,(H,25,26). The third-order valence-electron chi connectivity index (χ3n) is 4.70. The molecule has 0 bridgehead atoms. The summed E-state index contributed by atoms with van der Waals surface area (Å²) in [5.41, 5.74) is 2.27. The minimum atomic E-state index is -1.06. The molecule has 4 rings (SSSR count). The van der Waals surface area contributed by atoms with E-state index in [0.29, 0.717) is 11.6 Å². The van der Waals surface area contributed by atoms with Gasteiger partial charge in [0.05, 0.1) is 13.1 Å². The highest BCUT2D eigenvalue weighted by atomic mass is 32.1. The van der Waals surface area contributed by atoms with Crippen LogP contribution in [0.3, 0.4) is 0 Å². The number of carboxylic acid groups (broad SMARTS) is 1. The first-order valence-electron chi connectivity index (χ1n) is 8.39. The molecular formula is C18H17N5O3S. The molecule has 2 aromatic heterocycles. The Morgan fingerprint density at radius 1 is 1.22 bits per heavy atom. The van der Waals surface area contributed by atoms with E-state index in [1.165, 1.54) is 16.2 Å². The lowest BCUT2D eigenvalue weighted by Gasteiger charge is -2.33. The van der Waals surface area contributed by atoms with Crippen LogP contribution in [0.5, 0.6) is 0 Å². The topological polar surface area (TPSA) is 101 Å². The van der Waals surface area contributed by atoms with E-state index in [9.17, 15) is 14.7 Å². The van der Waals surface area contributed by atoms with Gasteiger partial charge < -0.3 is 14.6 Å². The lowest BCUT2D eigenvalue weighted by molar-refractivity contribution is -0.143. The molecule has 1 amide bonds. The second-order valence-electron chi connectivity index (χ2n) is 6.41. The van der Waals surface area contributed by atoms with E-state index < -0.39 is 17.9 Å². The molecule has 1 aliphatic heterocycles. The maximum Gasteiger partial charge on any atom is 0.328 e. The Bertz CT molecular complexity index is 1040. The number of rotatable bonds is 3. The Balaban J connectivity index is 1.66. The minimum absolute atomic E-state index is 0.0911. The van der Waals surface area contributed by atoms with Crippen molar-refractivity contribution in [2.24, 2.45) is 0 Å². The van der Waals surface area contributed by atoms with Gasteiger partial charge in [-0.25, -0.2) is 9.78 Å². The third-order valence-corrected chi connectivity index (χ3v) is 5.58. The van der Waals surface area contributed by atoms with Crippen molar-refractivity contribution in [3.05, 3.63) is 52.6 Å². The second kappa shape index (κ2) is 6.58. The fourth-order valence-electron chi connectivity index (χ4n) is 3.19. The number of fused-ring (bicyclic) bond motifs is 1. The number of carbonyl (C=O) groups excluding carboxylic acids is 1. The molecule has 1 atom stereocenters. The number of aryl methyl sites for hydroxylation is 2. The Morgan fingerprint density at radius 2 is 2.00 bits per heavy atom. The molecule has 0 spiro atoms. The van der Waals surface area contributed by atoms with Crippen LogP contribution in [-0.4, -0.2) is 47.7 Å². The Labute approximate surface area is 159 Å². The van der Waals surface area contributed by atoms with Gasteiger partial charge >= 0.3 is 5.97 Å². The van der Waals surface area contributed by atoms with E-state index in [2.05, 4.69) is 15.2 Å². The maximum atomic E-state index is 13.0. The Morgan fingerprint density at radius 3 is 2.74 bits per heavy atom. The quantitative estimate of drug-likeness (QED) is 0.743. The summed E-state index contributed by atoms with van der Waals surface area (Å²) in [5.74, 6) is -0.256. The number of thiazole rings is 1. The normalized spacial score (nSPS) is 16.2. The zero-order valence-electron chi connectivity index (χ0n) is 14.8. The molecule has 0 radical (unpaired) electrons. The highest BCUT2D eigenvalue weighted by Gasteiger charge is 2.37. The molecule has 1 aromatic carbocycles. The van der Waals surface area contributed by atoms with Gasteiger partial charge in [-0.15, -0.1) is 21.5 Å². The van der Waals surface area contributed by atoms with E-state index in [0.717, 1.165) is 16.1 Å². The largest absolute Gasteiger partial charge is 0.480 e. The number of hydrogen-bond donors (Lipinski definition) is 1. The average molecular weight is 383 g/mol. The molecule has 0 fully saturated rings. The third kappa shape index (κ3) is 2.99. The predicted octanol–water partition coefficient (Wildman–Crippen LogP) is 2.13. The zero-order chi connectivity index (χ0) is 19.1. The maximum absolute atomic E-state index is 13.0. The van der Waals surface area contributed by atoms with Crippen LogP contribution < -0.4 is 0 Å². The number of amides is 1. The number of aliphatic carboxylic acids is 1. The van der Waals surface area contributed by atoms with Crippen LogP contribution in [0.4, 0.5) is 0 Å². The summed E-state index contributed by atoms with van der Waals surface area (Å²) >= 11 is 1.37. The van der Waals surface area contributed by atoms with Gasteiger partial charge in [0.2, 0.25) is 0 Å². The first-order chi connectivity index (χ1) is 13.0. The SMILES string of the molecule is Cc1ccccc1-c1nc(C(=O)N2Cc3nnc(C)n3CC2C(=O)O)cs1. The van der Waals surface area contributed by atoms with Crippen LogP contribution in [0, 0.1) is 13.8 Å². The predicted molar refractivity (Wildman–Crippen MR) is 98.3 cm³/mol. The van der Waals surface area contributed by atoms with E-state index in [-0.39, 0.29) is 18.8 Å². The van der Waals surface area contributed by atoms with Gasteiger partial charge in [-0.1, -0.05) is 24.3 Å². The van der Waals surface area contributed by atoms with Crippen molar-refractivity contribution in [2.75, 3.05) is 0 Å². The Hall–Kier alpha value is -3.07. The summed E-state index contributed by atoms with van der Waals surface area (Å²) in [5, 5.41) is 20.1. The van der Waals surface area contributed by atoms with Crippen molar-refractivity contribution in [1.29, 1.82) is 0 Å². The number of aromatic nitrogens is 4. The fraction of sp³-hybridized carbons (Fsp3) is 0.278. The highest BCUT2D eigenvalue weighted by Crippen LogP contribution is 2.28. The van der Waals surface area contributed by atoms with Crippen molar-refractivity contribution in [3.63, 3.8) is 0 Å². The first kappa shape index (κ1) is 17.3. The number of hydrogen-bond acceptors (Lipinski definition) is 6. The molecule has 1 unspecified atom stereocenters. The summed E-state index contributed by atoms with van der Waals surface area (Å²) in [6.07, 6.45) is 0. The monoisotopic (exact) mass is 383 g/mol. The van der Waals surface area contributed by atoms with Gasteiger partial charge in [-0.3, -0.25) is 4.79 Å². The number of carboxylic acids is 1. The van der Waals surface area contributed by atoms with Crippen LogP contribution in [0.2, 0.25) is 0 Å². The first-order valence-corrected chi connectivity index (χ1v) is 9.27. The van der Waals surface area contributed by atoms with Gasteiger partial charge in [0.1, 0.15) is 22.6 Å². The molecule has 1 aliphatic rings. The van der Waals surface area contributed by atoms with Crippen LogP contribution in [0.15, 0.2) is 29.6 Å². The summed E-state index contributed by atoms with van der Waals surface area (Å²) in [7, 11) is 0.